The molecule has 0 saturated heterocycles. The molecule has 1 aromatic carbocycles. The number of methoxy groups -OCH3 is 1. The van der Waals surface area contributed by atoms with Crippen molar-refractivity contribution in [1.29, 1.82) is 0 Å². The fraction of sp³-hybridized carbons (Fsp3) is 0.316. The zero-order valence-corrected chi connectivity index (χ0v) is 18.7. The Morgan fingerprint density at radius 1 is 1.31 bits per heavy atom. The summed E-state index contributed by atoms with van der Waals surface area (Å²) in [7, 11) is 1.28. The number of rotatable bonds is 4. The van der Waals surface area contributed by atoms with Crippen LogP contribution in [0.5, 0.6) is 0 Å². The summed E-state index contributed by atoms with van der Waals surface area (Å²) in [6.07, 6.45) is -4.50. The second kappa shape index (κ2) is 8.49. The summed E-state index contributed by atoms with van der Waals surface area (Å²) in [5, 5.41) is 5.99. The van der Waals surface area contributed by atoms with Gasteiger partial charge in [-0.2, -0.15) is 18.3 Å². The summed E-state index contributed by atoms with van der Waals surface area (Å²) in [5.41, 5.74) is -1.09. The summed E-state index contributed by atoms with van der Waals surface area (Å²) < 4.78 is 61.9. The third kappa shape index (κ3) is 4.02. The molecular weight excluding hydrogens is 522 g/mol. The molecule has 4 rings (SSSR count). The van der Waals surface area contributed by atoms with E-state index in [9.17, 15) is 22.4 Å². The molecule has 3 heterocycles. The van der Waals surface area contributed by atoms with Crippen LogP contribution in [0.25, 0.3) is 0 Å². The Labute approximate surface area is 192 Å². The van der Waals surface area contributed by atoms with Crippen LogP contribution in [0, 0.1) is 5.82 Å². The largest absolute Gasteiger partial charge is 0.416 e. The Morgan fingerprint density at radius 2 is 2.06 bits per heavy atom. The van der Waals surface area contributed by atoms with Crippen LogP contribution in [0.15, 0.2) is 33.8 Å². The van der Waals surface area contributed by atoms with Gasteiger partial charge in [0.1, 0.15) is 27.4 Å². The van der Waals surface area contributed by atoms with E-state index in [4.69, 9.17) is 16.3 Å². The number of imidazole rings is 1. The van der Waals surface area contributed by atoms with Crippen molar-refractivity contribution >= 4 is 33.2 Å². The van der Waals surface area contributed by atoms with Gasteiger partial charge in [0.15, 0.2) is 0 Å². The summed E-state index contributed by atoms with van der Waals surface area (Å²) >= 11 is 9.43. The van der Waals surface area contributed by atoms with E-state index in [2.05, 4.69) is 31.1 Å². The van der Waals surface area contributed by atoms with Gasteiger partial charge >= 0.3 is 6.18 Å². The summed E-state index contributed by atoms with van der Waals surface area (Å²) in [6.45, 7) is 0.948. The molecule has 1 unspecified atom stereocenters. The first-order valence-electron chi connectivity index (χ1n) is 9.24. The van der Waals surface area contributed by atoms with E-state index in [-0.39, 0.29) is 17.1 Å². The van der Waals surface area contributed by atoms with Crippen molar-refractivity contribution in [2.45, 2.75) is 25.4 Å². The fourth-order valence-electron chi connectivity index (χ4n) is 3.76. The molecular formula is C19H15BrClF4N5O2. The number of aromatic amines is 1. The average molecular weight is 537 g/mol. The number of fused-ring (bicyclic) bond motifs is 1. The topological polar surface area (TPSA) is 76.0 Å². The molecule has 0 amide bonds. The molecule has 3 aromatic rings. The second-order valence-corrected chi connectivity index (χ2v) is 8.15. The molecule has 0 bridgehead atoms. The number of alkyl halides is 3. The zero-order valence-electron chi connectivity index (χ0n) is 16.4. The maximum atomic E-state index is 13.6. The minimum absolute atomic E-state index is 0.0183. The number of halogens is 6. The first-order valence-corrected chi connectivity index (χ1v) is 10.4. The van der Waals surface area contributed by atoms with Crippen molar-refractivity contribution in [2.75, 3.05) is 18.6 Å². The Bertz CT molecular complexity index is 1230. The molecule has 0 saturated carbocycles. The molecule has 32 heavy (non-hydrogen) atoms. The summed E-state index contributed by atoms with van der Waals surface area (Å²) in [6, 6.07) is 2.48. The number of nitrogens with zero attached hydrogens (tertiary/aromatic N) is 4. The number of hydrogen-bond donors (Lipinski definition) is 1. The molecule has 1 atom stereocenters. The van der Waals surface area contributed by atoms with Crippen molar-refractivity contribution in [3.05, 3.63) is 72.8 Å². The first-order chi connectivity index (χ1) is 15.1. The average Bonchev–Trinajstić information content (AvgIpc) is 3.06. The number of benzene rings is 1. The van der Waals surface area contributed by atoms with Crippen LogP contribution in [0.1, 0.15) is 28.7 Å². The van der Waals surface area contributed by atoms with Crippen LogP contribution in [-0.2, 0) is 24.0 Å². The Morgan fingerprint density at radius 3 is 2.75 bits per heavy atom. The van der Waals surface area contributed by atoms with E-state index in [0.717, 1.165) is 12.1 Å². The molecule has 0 fully saturated rings. The standard InChI is InChI=1S/C19H15BrClF4N5O2/c1-32-16(10-3-2-9(22)6-11(10)19(23,24)25)15-17(20)27-13-8-29(4-5-30(13)15)12-7-26-28-18(31)14(12)21/h2-3,6-7,16H,4-5,8H2,1H3,(H,28,31). The Kier molecular flexibility index (Phi) is 6.03. The highest BCUT2D eigenvalue weighted by Gasteiger charge is 2.38. The lowest BCUT2D eigenvalue weighted by molar-refractivity contribution is -0.139. The van der Waals surface area contributed by atoms with Gasteiger partial charge in [-0.25, -0.2) is 14.5 Å². The number of H-pyrrole nitrogens is 1. The monoisotopic (exact) mass is 535 g/mol. The Hall–Kier alpha value is -2.44. The summed E-state index contributed by atoms with van der Waals surface area (Å²) in [5.74, 6) is -0.475. The molecule has 1 aliphatic heterocycles. The normalized spacial score (nSPS) is 15.0. The highest BCUT2D eigenvalue weighted by atomic mass is 79.9. The molecule has 170 valence electrons. The van der Waals surface area contributed by atoms with Gasteiger partial charge in [-0.15, -0.1) is 0 Å². The van der Waals surface area contributed by atoms with Gasteiger partial charge in [0.25, 0.3) is 5.56 Å². The zero-order chi connectivity index (χ0) is 23.2. The summed E-state index contributed by atoms with van der Waals surface area (Å²) in [4.78, 5) is 18.0. The van der Waals surface area contributed by atoms with E-state index in [1.54, 1.807) is 9.47 Å². The third-order valence-electron chi connectivity index (χ3n) is 5.17. The maximum Gasteiger partial charge on any atom is 0.416 e. The van der Waals surface area contributed by atoms with Crippen LogP contribution in [0.3, 0.4) is 0 Å². The van der Waals surface area contributed by atoms with Crippen molar-refractivity contribution in [2.24, 2.45) is 0 Å². The minimum atomic E-state index is -4.77. The van der Waals surface area contributed by atoms with E-state index in [1.165, 1.54) is 13.3 Å². The molecule has 0 spiro atoms. The van der Waals surface area contributed by atoms with E-state index in [1.807, 2.05) is 0 Å². The van der Waals surface area contributed by atoms with Gasteiger partial charge in [0.05, 0.1) is 29.7 Å². The smallest absolute Gasteiger partial charge is 0.370 e. The SMILES string of the molecule is COC(c1ccc(F)cc1C(F)(F)F)c1c(Br)nc2n1CCN(c1cn[nH]c(=O)c1Cl)C2. The van der Waals surface area contributed by atoms with Crippen LogP contribution >= 0.6 is 27.5 Å². The molecule has 13 heteroatoms. The Balaban J connectivity index is 1.76. The van der Waals surface area contributed by atoms with Gasteiger partial charge in [0, 0.05) is 20.2 Å². The number of nitrogens with one attached hydrogen (secondary N) is 1. The molecule has 7 nitrogen and oxygen atoms in total. The van der Waals surface area contributed by atoms with E-state index in [0.29, 0.717) is 41.0 Å². The second-order valence-electron chi connectivity index (χ2n) is 7.02. The lowest BCUT2D eigenvalue weighted by Crippen LogP contribution is -2.36. The maximum absolute atomic E-state index is 13.6. The quantitative estimate of drug-likeness (QED) is 0.504. The van der Waals surface area contributed by atoms with Crippen LogP contribution < -0.4 is 10.5 Å². The van der Waals surface area contributed by atoms with Gasteiger partial charge in [-0.05, 0) is 33.6 Å². The van der Waals surface area contributed by atoms with Crippen molar-refractivity contribution in [3.8, 4) is 0 Å². The molecule has 0 radical (unpaired) electrons. The minimum Gasteiger partial charge on any atom is -0.370 e. The lowest BCUT2D eigenvalue weighted by atomic mass is 9.99. The number of hydrogen-bond acceptors (Lipinski definition) is 5. The van der Waals surface area contributed by atoms with Crippen molar-refractivity contribution in [1.82, 2.24) is 19.7 Å². The number of ether oxygens (including phenoxy) is 1. The predicted octanol–water partition coefficient (Wildman–Crippen LogP) is 4.30. The first kappa shape index (κ1) is 22.7. The third-order valence-corrected chi connectivity index (χ3v) is 6.12. The highest BCUT2D eigenvalue weighted by molar-refractivity contribution is 9.10. The van der Waals surface area contributed by atoms with Gasteiger partial charge in [0.2, 0.25) is 0 Å². The van der Waals surface area contributed by atoms with Crippen LogP contribution in [0.2, 0.25) is 5.02 Å². The van der Waals surface area contributed by atoms with Crippen molar-refractivity contribution < 1.29 is 22.3 Å². The van der Waals surface area contributed by atoms with Gasteiger partial charge in [-0.3, -0.25) is 4.79 Å². The number of aromatic nitrogens is 4. The fourth-order valence-corrected chi connectivity index (χ4v) is 4.60. The van der Waals surface area contributed by atoms with Crippen LogP contribution in [-0.4, -0.2) is 33.4 Å². The van der Waals surface area contributed by atoms with Gasteiger partial charge < -0.3 is 14.2 Å². The van der Waals surface area contributed by atoms with E-state index >= 15 is 0 Å². The molecule has 0 aliphatic carbocycles. The van der Waals surface area contributed by atoms with E-state index < -0.39 is 29.2 Å². The van der Waals surface area contributed by atoms with Crippen molar-refractivity contribution in [3.63, 3.8) is 0 Å². The lowest BCUT2D eigenvalue weighted by Gasteiger charge is -2.31. The highest BCUT2D eigenvalue weighted by Crippen LogP contribution is 2.41. The molecule has 1 N–H and O–H groups in total. The molecule has 1 aliphatic rings. The van der Waals surface area contributed by atoms with Gasteiger partial charge in [-0.1, -0.05) is 17.7 Å². The number of anilines is 1. The predicted molar refractivity (Wildman–Crippen MR) is 111 cm³/mol. The molecule has 2 aromatic heterocycles. The van der Waals surface area contributed by atoms with Crippen LogP contribution in [0.4, 0.5) is 23.2 Å².